The second-order valence-electron chi connectivity index (χ2n) is 9.34. The van der Waals surface area contributed by atoms with Crippen LogP contribution in [-0.4, -0.2) is 71.9 Å². The molecule has 3 rings (SSSR count). The fraction of sp³-hybridized carbons (Fsp3) is 0.636. The largest absolute Gasteiger partial charge is 0.496 e. The van der Waals surface area contributed by atoms with Crippen molar-refractivity contribution in [3.63, 3.8) is 0 Å². The molecule has 180 valence electrons. The average Bonchev–Trinajstić information content (AvgIpc) is 3.34. The number of anilines is 1. The molecule has 2 unspecified atom stereocenters. The van der Waals surface area contributed by atoms with Gasteiger partial charge in [-0.1, -0.05) is 13.0 Å². The number of carbonyl (C=O) groups is 3. The zero-order valence-electron chi connectivity index (χ0n) is 20.1. The lowest BCUT2D eigenvalue weighted by Gasteiger charge is -2.32. The Kier molecular flexibility index (Phi) is 7.33. The summed E-state index contributed by atoms with van der Waals surface area (Å²) in [5.41, 5.74) is -0.159. The fourth-order valence-electron chi connectivity index (χ4n) is 3.85. The van der Waals surface area contributed by atoms with Gasteiger partial charge in [-0.05, 0) is 53.0 Å². The molecule has 33 heavy (non-hydrogen) atoms. The molecule has 0 aliphatic carbocycles. The number of hydrogen-bond donors (Lipinski definition) is 2. The first-order valence-electron chi connectivity index (χ1n) is 11.3. The number of methoxy groups -OCH3 is 1. The molecule has 10 nitrogen and oxygen atoms in total. The number of carbonyl (C=O) groups excluding carboxylic acids is 3. The van der Waals surface area contributed by atoms with Crippen LogP contribution in [0.2, 0.25) is 0 Å². The minimum Gasteiger partial charge on any atom is -0.453 e. The summed E-state index contributed by atoms with van der Waals surface area (Å²) in [6.07, 6.45) is 2.57. The minimum atomic E-state index is -0.747. The quantitative estimate of drug-likeness (QED) is 0.617. The Hall–Kier alpha value is -2.66. The van der Waals surface area contributed by atoms with E-state index in [-0.39, 0.29) is 11.8 Å². The predicted molar refractivity (Wildman–Crippen MR) is 123 cm³/mol. The van der Waals surface area contributed by atoms with Gasteiger partial charge in [-0.3, -0.25) is 9.59 Å². The lowest BCUT2D eigenvalue weighted by Crippen LogP contribution is -2.52. The maximum atomic E-state index is 12.9. The van der Waals surface area contributed by atoms with Crippen LogP contribution in [0, 0.1) is 0 Å². The van der Waals surface area contributed by atoms with Crippen molar-refractivity contribution in [3.05, 3.63) is 18.3 Å². The lowest BCUT2D eigenvalue weighted by molar-refractivity contribution is -0.138. The number of ether oxygens (including phenoxy) is 1. The van der Waals surface area contributed by atoms with Crippen LogP contribution < -0.4 is 16.1 Å². The van der Waals surface area contributed by atoms with E-state index in [9.17, 15) is 14.4 Å². The molecular formula is C22H33BN4O6. The van der Waals surface area contributed by atoms with E-state index in [1.165, 1.54) is 12.0 Å². The van der Waals surface area contributed by atoms with Crippen molar-refractivity contribution >= 4 is 36.3 Å². The molecule has 1 aromatic rings. The third-order valence-corrected chi connectivity index (χ3v) is 6.59. The van der Waals surface area contributed by atoms with Crippen molar-refractivity contribution in [1.29, 1.82) is 0 Å². The van der Waals surface area contributed by atoms with Gasteiger partial charge in [0.2, 0.25) is 11.8 Å². The SMILES string of the molecule is CCC(NC(=O)OC)C(=O)N1CCCC1C(=O)Nc1ccc(B2OC(C)(C)C(C)(C)O2)cn1. The summed E-state index contributed by atoms with van der Waals surface area (Å²) in [5, 5.41) is 5.32. The molecule has 0 spiro atoms. The number of rotatable bonds is 6. The van der Waals surface area contributed by atoms with Crippen molar-refractivity contribution in [2.45, 2.75) is 77.2 Å². The van der Waals surface area contributed by atoms with Crippen molar-refractivity contribution in [1.82, 2.24) is 15.2 Å². The predicted octanol–water partition coefficient (Wildman–Crippen LogP) is 1.44. The molecule has 2 N–H and O–H groups in total. The molecule has 2 aliphatic rings. The highest BCUT2D eigenvalue weighted by Crippen LogP contribution is 2.36. The highest BCUT2D eigenvalue weighted by Gasteiger charge is 2.51. The van der Waals surface area contributed by atoms with Gasteiger partial charge < -0.3 is 29.6 Å². The van der Waals surface area contributed by atoms with Gasteiger partial charge in [0.25, 0.3) is 0 Å². The van der Waals surface area contributed by atoms with E-state index in [4.69, 9.17) is 9.31 Å². The first-order valence-corrected chi connectivity index (χ1v) is 11.3. The Labute approximate surface area is 194 Å². The monoisotopic (exact) mass is 460 g/mol. The van der Waals surface area contributed by atoms with Crippen LogP contribution in [-0.2, 0) is 23.6 Å². The molecule has 2 atom stereocenters. The maximum absolute atomic E-state index is 12.9. The first-order chi connectivity index (χ1) is 15.5. The molecule has 0 aromatic carbocycles. The van der Waals surface area contributed by atoms with Crippen LogP contribution in [0.5, 0.6) is 0 Å². The van der Waals surface area contributed by atoms with Gasteiger partial charge in [-0.2, -0.15) is 0 Å². The molecule has 2 saturated heterocycles. The van der Waals surface area contributed by atoms with Crippen molar-refractivity contribution in [2.75, 3.05) is 19.0 Å². The van der Waals surface area contributed by atoms with Gasteiger partial charge in [-0.15, -0.1) is 0 Å². The molecule has 0 bridgehead atoms. The Balaban J connectivity index is 1.63. The Morgan fingerprint density at radius 3 is 2.45 bits per heavy atom. The summed E-state index contributed by atoms with van der Waals surface area (Å²) in [6.45, 7) is 10.2. The van der Waals surface area contributed by atoms with E-state index >= 15 is 0 Å². The summed E-state index contributed by atoms with van der Waals surface area (Å²) >= 11 is 0. The molecule has 2 fully saturated rings. The Morgan fingerprint density at radius 1 is 1.24 bits per heavy atom. The van der Waals surface area contributed by atoms with Gasteiger partial charge in [-0.25, -0.2) is 9.78 Å². The van der Waals surface area contributed by atoms with Gasteiger partial charge in [0.05, 0.1) is 18.3 Å². The second-order valence-corrected chi connectivity index (χ2v) is 9.34. The third-order valence-electron chi connectivity index (χ3n) is 6.59. The molecule has 11 heteroatoms. The molecule has 0 radical (unpaired) electrons. The smallest absolute Gasteiger partial charge is 0.453 e. The van der Waals surface area contributed by atoms with Crippen LogP contribution in [0.25, 0.3) is 0 Å². The van der Waals surface area contributed by atoms with E-state index in [1.807, 2.05) is 27.7 Å². The van der Waals surface area contributed by atoms with Crippen LogP contribution in [0.3, 0.4) is 0 Å². The van der Waals surface area contributed by atoms with Crippen LogP contribution in [0.15, 0.2) is 18.3 Å². The number of nitrogens with one attached hydrogen (secondary N) is 2. The number of aromatic nitrogens is 1. The Morgan fingerprint density at radius 2 is 1.91 bits per heavy atom. The van der Waals surface area contributed by atoms with Gasteiger partial charge in [0.1, 0.15) is 17.9 Å². The first kappa shape index (κ1) is 25.0. The van der Waals surface area contributed by atoms with E-state index in [0.29, 0.717) is 31.6 Å². The van der Waals surface area contributed by atoms with Crippen molar-refractivity contribution < 1.29 is 28.4 Å². The summed E-state index contributed by atoms with van der Waals surface area (Å²) < 4.78 is 16.6. The zero-order valence-corrected chi connectivity index (χ0v) is 20.1. The highest BCUT2D eigenvalue weighted by atomic mass is 16.7. The number of amides is 3. The molecule has 2 aliphatic heterocycles. The van der Waals surface area contributed by atoms with Crippen molar-refractivity contribution in [3.8, 4) is 0 Å². The average molecular weight is 460 g/mol. The number of likely N-dealkylation sites (tertiary alicyclic amines) is 1. The molecule has 0 saturated carbocycles. The minimum absolute atomic E-state index is 0.301. The van der Waals surface area contributed by atoms with Gasteiger partial charge >= 0.3 is 13.2 Å². The molecule has 3 heterocycles. The number of alkyl carbamates (subject to hydrolysis) is 1. The molecular weight excluding hydrogens is 427 g/mol. The van der Waals surface area contributed by atoms with Crippen molar-refractivity contribution in [2.24, 2.45) is 0 Å². The van der Waals surface area contributed by atoms with E-state index in [0.717, 1.165) is 5.46 Å². The van der Waals surface area contributed by atoms with E-state index in [2.05, 4.69) is 20.4 Å². The topological polar surface area (TPSA) is 119 Å². The lowest BCUT2D eigenvalue weighted by atomic mass is 9.80. The van der Waals surface area contributed by atoms with E-state index in [1.54, 1.807) is 25.3 Å². The number of hydrogen-bond acceptors (Lipinski definition) is 7. The molecule has 3 amide bonds. The summed E-state index contributed by atoms with van der Waals surface area (Å²) in [4.78, 5) is 43.2. The highest BCUT2D eigenvalue weighted by molar-refractivity contribution is 6.62. The second kappa shape index (κ2) is 9.68. The number of pyridine rings is 1. The van der Waals surface area contributed by atoms with E-state index < -0.39 is 36.5 Å². The van der Waals surface area contributed by atoms with Gasteiger partial charge in [0.15, 0.2) is 0 Å². The fourth-order valence-corrected chi connectivity index (χ4v) is 3.85. The van der Waals surface area contributed by atoms with Crippen LogP contribution >= 0.6 is 0 Å². The summed E-state index contributed by atoms with van der Waals surface area (Å²) in [7, 11) is 0.701. The molecule has 1 aromatic heterocycles. The van der Waals surface area contributed by atoms with Crippen LogP contribution in [0.4, 0.5) is 10.6 Å². The zero-order chi connectivity index (χ0) is 24.4. The van der Waals surface area contributed by atoms with Gasteiger partial charge in [0, 0.05) is 18.2 Å². The summed E-state index contributed by atoms with van der Waals surface area (Å²) in [6, 6.07) is 2.11. The third kappa shape index (κ3) is 5.30. The normalized spacial score (nSPS) is 22.1. The number of nitrogens with zero attached hydrogens (tertiary/aromatic N) is 2. The standard InChI is InChI=1S/C22H33BN4O6/c1-7-15(25-20(30)31-6)19(29)27-12-8-9-16(27)18(28)26-17-11-10-14(13-24-17)23-32-21(2,3)22(4,5)33-23/h10-11,13,15-16H,7-9,12H2,1-6H3,(H,25,30)(H,24,26,28). The summed E-state index contributed by atoms with van der Waals surface area (Å²) in [5.74, 6) is -0.242. The van der Waals surface area contributed by atoms with Crippen LogP contribution in [0.1, 0.15) is 53.9 Å². The maximum Gasteiger partial charge on any atom is 0.496 e. The Bertz CT molecular complexity index is 875.